The first kappa shape index (κ1) is 12.0. The van der Waals surface area contributed by atoms with Crippen LogP contribution in [-0.2, 0) is 0 Å². The maximum absolute atomic E-state index is 3.78. The van der Waals surface area contributed by atoms with Gasteiger partial charge in [-0.25, -0.2) is 0 Å². The van der Waals surface area contributed by atoms with Crippen LogP contribution >= 0.6 is 0 Å². The molecule has 0 aromatic carbocycles. The molecule has 3 fully saturated rings. The molecule has 0 radical (unpaired) electrons. The van der Waals surface area contributed by atoms with Crippen LogP contribution in [0, 0.1) is 11.8 Å². The molecule has 0 spiro atoms. The van der Waals surface area contributed by atoms with Crippen LogP contribution < -0.4 is 5.32 Å². The smallest absolute Gasteiger partial charge is 0.0309 e. The van der Waals surface area contributed by atoms with E-state index in [4.69, 9.17) is 0 Å². The molecule has 3 aliphatic rings. The Morgan fingerprint density at radius 2 is 1.88 bits per heavy atom. The third-order valence-corrected chi connectivity index (χ3v) is 5.23. The summed E-state index contributed by atoms with van der Waals surface area (Å²) < 4.78 is 0. The summed E-state index contributed by atoms with van der Waals surface area (Å²) in [5, 5.41) is 3.78. The minimum absolute atomic E-state index is 0.437. The summed E-state index contributed by atoms with van der Waals surface area (Å²) >= 11 is 0. The van der Waals surface area contributed by atoms with Gasteiger partial charge in [-0.1, -0.05) is 19.3 Å². The molecule has 1 atom stereocenters. The molecule has 1 unspecified atom stereocenters. The molecule has 2 nitrogen and oxygen atoms in total. The third kappa shape index (κ3) is 2.85. The summed E-state index contributed by atoms with van der Waals surface area (Å²) in [7, 11) is 0. The number of nitrogens with zero attached hydrogens (tertiary/aromatic N) is 1. The van der Waals surface area contributed by atoms with Gasteiger partial charge in [0.1, 0.15) is 0 Å². The molecule has 1 aliphatic heterocycles. The zero-order valence-corrected chi connectivity index (χ0v) is 11.4. The summed E-state index contributed by atoms with van der Waals surface area (Å²) in [5.41, 5.74) is 0.437. The Bertz CT molecular complexity index is 256. The van der Waals surface area contributed by atoms with Crippen LogP contribution in [0.15, 0.2) is 0 Å². The summed E-state index contributed by atoms with van der Waals surface area (Å²) in [6.45, 7) is 7.62. The first-order chi connectivity index (χ1) is 8.26. The van der Waals surface area contributed by atoms with Crippen molar-refractivity contribution >= 4 is 0 Å². The second-order valence-corrected chi connectivity index (χ2v) is 6.86. The molecule has 0 bridgehead atoms. The highest BCUT2D eigenvalue weighted by molar-refractivity contribution is 5.02. The first-order valence-corrected chi connectivity index (χ1v) is 7.74. The highest BCUT2D eigenvalue weighted by Crippen LogP contribution is 2.41. The molecule has 1 heterocycles. The summed E-state index contributed by atoms with van der Waals surface area (Å²) in [4.78, 5) is 2.75. The number of nitrogens with one attached hydrogen (secondary N) is 1. The van der Waals surface area contributed by atoms with Gasteiger partial charge in [0.25, 0.3) is 0 Å². The highest BCUT2D eigenvalue weighted by atomic mass is 15.2. The minimum atomic E-state index is 0.437. The number of hydrogen-bond donors (Lipinski definition) is 1. The molecule has 0 amide bonds. The van der Waals surface area contributed by atoms with E-state index in [0.717, 1.165) is 11.8 Å². The van der Waals surface area contributed by atoms with Crippen LogP contribution in [-0.4, -0.2) is 36.6 Å². The lowest BCUT2D eigenvalue weighted by molar-refractivity contribution is 0.103. The van der Waals surface area contributed by atoms with E-state index in [1.54, 1.807) is 0 Å². The second-order valence-electron chi connectivity index (χ2n) is 6.86. The maximum Gasteiger partial charge on any atom is 0.0309 e. The number of piperazine rings is 1. The fourth-order valence-electron chi connectivity index (χ4n) is 3.98. The molecule has 17 heavy (non-hydrogen) atoms. The average Bonchev–Trinajstić information content (AvgIpc) is 3.14. The SMILES string of the molecule is CC1(C2CC2)CN(CC2CCCCC2)CCN1. The normalized spacial score (nSPS) is 37.2. The van der Waals surface area contributed by atoms with Crippen molar-refractivity contribution in [3.63, 3.8) is 0 Å². The molecule has 98 valence electrons. The van der Waals surface area contributed by atoms with Crippen molar-refractivity contribution in [1.82, 2.24) is 10.2 Å². The Hall–Kier alpha value is -0.0800. The fourth-order valence-corrected chi connectivity index (χ4v) is 3.98. The van der Waals surface area contributed by atoms with E-state index in [1.165, 1.54) is 71.1 Å². The lowest BCUT2D eigenvalue weighted by Gasteiger charge is -2.43. The maximum atomic E-state index is 3.78. The molecular formula is C15H28N2. The Labute approximate surface area is 106 Å². The van der Waals surface area contributed by atoms with Crippen molar-refractivity contribution in [2.24, 2.45) is 11.8 Å². The van der Waals surface area contributed by atoms with E-state index in [0.29, 0.717) is 5.54 Å². The van der Waals surface area contributed by atoms with Crippen molar-refractivity contribution in [2.75, 3.05) is 26.2 Å². The first-order valence-electron chi connectivity index (χ1n) is 7.74. The van der Waals surface area contributed by atoms with Gasteiger partial charge in [-0.15, -0.1) is 0 Å². The molecule has 1 N–H and O–H groups in total. The van der Waals surface area contributed by atoms with Crippen LogP contribution in [0.5, 0.6) is 0 Å². The van der Waals surface area contributed by atoms with E-state index in [2.05, 4.69) is 17.1 Å². The van der Waals surface area contributed by atoms with Gasteiger partial charge in [0.15, 0.2) is 0 Å². The van der Waals surface area contributed by atoms with Crippen LogP contribution in [0.4, 0.5) is 0 Å². The van der Waals surface area contributed by atoms with E-state index < -0.39 is 0 Å². The van der Waals surface area contributed by atoms with Gasteiger partial charge in [0.2, 0.25) is 0 Å². The van der Waals surface area contributed by atoms with Gasteiger partial charge >= 0.3 is 0 Å². The standard InChI is InChI=1S/C15H28N2/c1-15(14-7-8-14)12-17(10-9-16-15)11-13-5-3-2-4-6-13/h13-14,16H,2-12H2,1H3. The average molecular weight is 236 g/mol. The monoisotopic (exact) mass is 236 g/mol. The van der Waals surface area contributed by atoms with E-state index in [-0.39, 0.29) is 0 Å². The number of rotatable bonds is 3. The van der Waals surface area contributed by atoms with Gasteiger partial charge in [-0.2, -0.15) is 0 Å². The van der Waals surface area contributed by atoms with Crippen LogP contribution in [0.1, 0.15) is 51.9 Å². The predicted octanol–water partition coefficient (Wildman–Crippen LogP) is 2.64. The van der Waals surface area contributed by atoms with E-state index >= 15 is 0 Å². The minimum Gasteiger partial charge on any atom is -0.309 e. The van der Waals surface area contributed by atoms with Crippen molar-refractivity contribution < 1.29 is 0 Å². The molecule has 1 saturated heterocycles. The lowest BCUT2D eigenvalue weighted by Crippen LogP contribution is -2.60. The van der Waals surface area contributed by atoms with Gasteiger partial charge < -0.3 is 5.32 Å². The fraction of sp³-hybridized carbons (Fsp3) is 1.00. The largest absolute Gasteiger partial charge is 0.309 e. The van der Waals surface area contributed by atoms with Crippen LogP contribution in [0.3, 0.4) is 0 Å². The van der Waals surface area contributed by atoms with Crippen LogP contribution in [0.2, 0.25) is 0 Å². The van der Waals surface area contributed by atoms with Crippen molar-refractivity contribution in [3.05, 3.63) is 0 Å². The van der Waals surface area contributed by atoms with Crippen molar-refractivity contribution in [3.8, 4) is 0 Å². The van der Waals surface area contributed by atoms with Gasteiger partial charge in [-0.3, -0.25) is 4.90 Å². The molecule has 0 aromatic heterocycles. The molecule has 0 aromatic rings. The van der Waals surface area contributed by atoms with E-state index in [1.807, 2.05) is 0 Å². The molecule has 3 rings (SSSR count). The Kier molecular flexibility index (Phi) is 3.45. The predicted molar refractivity (Wildman–Crippen MR) is 72.1 cm³/mol. The Morgan fingerprint density at radius 3 is 2.59 bits per heavy atom. The summed E-state index contributed by atoms with van der Waals surface area (Å²) in [6.07, 6.45) is 10.3. The topological polar surface area (TPSA) is 15.3 Å². The van der Waals surface area contributed by atoms with Crippen molar-refractivity contribution in [1.29, 1.82) is 0 Å². The van der Waals surface area contributed by atoms with Gasteiger partial charge in [0.05, 0.1) is 0 Å². The quantitative estimate of drug-likeness (QED) is 0.810. The lowest BCUT2D eigenvalue weighted by atomic mass is 9.87. The molecular weight excluding hydrogens is 208 g/mol. The molecule has 2 saturated carbocycles. The molecule has 2 heteroatoms. The third-order valence-electron chi connectivity index (χ3n) is 5.23. The summed E-state index contributed by atoms with van der Waals surface area (Å²) in [6, 6.07) is 0. The highest BCUT2D eigenvalue weighted by Gasteiger charge is 2.43. The summed E-state index contributed by atoms with van der Waals surface area (Å²) in [5.74, 6) is 1.97. The Morgan fingerprint density at radius 1 is 1.12 bits per heavy atom. The zero-order valence-electron chi connectivity index (χ0n) is 11.4. The number of hydrogen-bond acceptors (Lipinski definition) is 2. The second kappa shape index (κ2) is 4.89. The van der Waals surface area contributed by atoms with Gasteiger partial charge in [0, 0.05) is 31.7 Å². The van der Waals surface area contributed by atoms with E-state index in [9.17, 15) is 0 Å². The van der Waals surface area contributed by atoms with Gasteiger partial charge in [-0.05, 0) is 44.4 Å². The van der Waals surface area contributed by atoms with Crippen LogP contribution in [0.25, 0.3) is 0 Å². The van der Waals surface area contributed by atoms with Crippen molar-refractivity contribution in [2.45, 2.75) is 57.4 Å². The molecule has 2 aliphatic carbocycles. The zero-order chi connectivity index (χ0) is 11.7. The Balaban J connectivity index is 1.52.